The minimum Gasteiger partial charge on any atom is -0.296 e. The van der Waals surface area contributed by atoms with Gasteiger partial charge in [-0.1, -0.05) is 23.2 Å². The molecule has 3 nitrogen and oxygen atoms in total. The fourth-order valence-electron chi connectivity index (χ4n) is 2.02. The molecule has 0 amide bonds. The van der Waals surface area contributed by atoms with E-state index in [4.69, 9.17) is 23.2 Å². The summed E-state index contributed by atoms with van der Waals surface area (Å²) in [5, 5.41) is 1.24. The first kappa shape index (κ1) is 13.9. The highest BCUT2D eigenvalue weighted by Gasteiger charge is 2.15. The highest BCUT2D eigenvalue weighted by molar-refractivity contribution is 6.31. The average Bonchev–Trinajstić information content (AvgIpc) is 2.97. The van der Waals surface area contributed by atoms with Crippen LogP contribution < -0.4 is 0 Å². The van der Waals surface area contributed by atoms with E-state index in [0.29, 0.717) is 21.3 Å². The Hall–Kier alpha value is -2.10. The molecular formula is C16H10Cl2N2O. The summed E-state index contributed by atoms with van der Waals surface area (Å²) < 4.78 is 1.73. The average molecular weight is 317 g/mol. The fourth-order valence-corrected chi connectivity index (χ4v) is 2.27. The van der Waals surface area contributed by atoms with Gasteiger partial charge in [-0.25, -0.2) is 4.98 Å². The van der Waals surface area contributed by atoms with Crippen LogP contribution in [0.2, 0.25) is 10.0 Å². The van der Waals surface area contributed by atoms with Crippen molar-refractivity contribution in [3.8, 4) is 5.69 Å². The molecule has 3 rings (SSSR count). The van der Waals surface area contributed by atoms with Crippen molar-refractivity contribution in [1.29, 1.82) is 0 Å². The van der Waals surface area contributed by atoms with Crippen molar-refractivity contribution in [2.45, 2.75) is 0 Å². The standard InChI is InChI=1S/C16H10Cl2N2O/c17-12-3-1-11(2-4-12)16(21)15-9-19-10-20(15)14-7-5-13(18)6-8-14/h1-10H. The Kier molecular flexibility index (Phi) is 3.78. The minimum absolute atomic E-state index is 0.112. The number of carbonyl (C=O) groups excluding carboxylic acids is 1. The van der Waals surface area contributed by atoms with Gasteiger partial charge in [-0.15, -0.1) is 0 Å². The maximum Gasteiger partial charge on any atom is 0.211 e. The summed E-state index contributed by atoms with van der Waals surface area (Å²) in [6, 6.07) is 14.0. The van der Waals surface area contributed by atoms with Crippen molar-refractivity contribution in [3.63, 3.8) is 0 Å². The lowest BCUT2D eigenvalue weighted by atomic mass is 10.1. The fraction of sp³-hybridized carbons (Fsp3) is 0. The summed E-state index contributed by atoms with van der Waals surface area (Å²) in [6.07, 6.45) is 3.15. The molecule has 0 aliphatic rings. The maximum atomic E-state index is 12.5. The Morgan fingerprint density at radius 3 is 2.10 bits per heavy atom. The normalized spacial score (nSPS) is 10.6. The SMILES string of the molecule is O=C(c1ccc(Cl)cc1)c1cncn1-c1ccc(Cl)cc1. The van der Waals surface area contributed by atoms with E-state index in [9.17, 15) is 4.79 Å². The monoisotopic (exact) mass is 316 g/mol. The van der Waals surface area contributed by atoms with Gasteiger partial charge in [-0.05, 0) is 48.5 Å². The molecule has 0 aliphatic carbocycles. The second-order valence-electron chi connectivity index (χ2n) is 4.46. The molecule has 1 heterocycles. The molecule has 0 N–H and O–H groups in total. The van der Waals surface area contributed by atoms with Gasteiger partial charge in [-0.3, -0.25) is 9.36 Å². The lowest BCUT2D eigenvalue weighted by Gasteiger charge is -2.07. The van der Waals surface area contributed by atoms with Crippen LogP contribution in [0.4, 0.5) is 0 Å². The van der Waals surface area contributed by atoms with Crippen LogP contribution in [0.25, 0.3) is 5.69 Å². The van der Waals surface area contributed by atoms with Crippen molar-refractivity contribution in [1.82, 2.24) is 9.55 Å². The van der Waals surface area contributed by atoms with E-state index in [0.717, 1.165) is 5.69 Å². The molecule has 3 aromatic rings. The third kappa shape index (κ3) is 2.84. The quantitative estimate of drug-likeness (QED) is 0.671. The molecule has 5 heteroatoms. The van der Waals surface area contributed by atoms with E-state index >= 15 is 0 Å². The number of benzene rings is 2. The predicted molar refractivity (Wildman–Crippen MR) is 83.5 cm³/mol. The summed E-state index contributed by atoms with van der Waals surface area (Å²) in [6.45, 7) is 0. The van der Waals surface area contributed by atoms with Gasteiger partial charge in [0.1, 0.15) is 5.69 Å². The number of nitrogens with zero attached hydrogens (tertiary/aromatic N) is 2. The highest BCUT2D eigenvalue weighted by Crippen LogP contribution is 2.18. The molecular weight excluding hydrogens is 307 g/mol. The van der Waals surface area contributed by atoms with Crippen LogP contribution in [-0.4, -0.2) is 15.3 Å². The number of aromatic nitrogens is 2. The molecule has 0 unspecified atom stereocenters. The molecule has 0 saturated heterocycles. The molecule has 0 bridgehead atoms. The third-order valence-corrected chi connectivity index (χ3v) is 3.59. The van der Waals surface area contributed by atoms with E-state index in [1.54, 1.807) is 53.5 Å². The Balaban J connectivity index is 2.00. The van der Waals surface area contributed by atoms with E-state index < -0.39 is 0 Å². The van der Waals surface area contributed by atoms with Crippen LogP contribution in [-0.2, 0) is 0 Å². The Bertz CT molecular complexity index is 777. The van der Waals surface area contributed by atoms with Crippen LogP contribution in [0.5, 0.6) is 0 Å². The van der Waals surface area contributed by atoms with Crippen molar-refractivity contribution < 1.29 is 4.79 Å². The molecule has 0 radical (unpaired) electrons. The number of carbonyl (C=O) groups is 1. The van der Waals surface area contributed by atoms with Gasteiger partial charge in [0.2, 0.25) is 5.78 Å². The Morgan fingerprint density at radius 1 is 0.905 bits per heavy atom. The van der Waals surface area contributed by atoms with Gasteiger partial charge in [0.15, 0.2) is 0 Å². The van der Waals surface area contributed by atoms with Crippen molar-refractivity contribution in [2.24, 2.45) is 0 Å². The van der Waals surface area contributed by atoms with Gasteiger partial charge in [-0.2, -0.15) is 0 Å². The smallest absolute Gasteiger partial charge is 0.211 e. The predicted octanol–water partition coefficient (Wildman–Crippen LogP) is 4.41. The van der Waals surface area contributed by atoms with Crippen molar-refractivity contribution in [3.05, 3.63) is 82.4 Å². The van der Waals surface area contributed by atoms with Crippen LogP contribution in [0, 0.1) is 0 Å². The second-order valence-corrected chi connectivity index (χ2v) is 5.33. The Labute approximate surface area is 131 Å². The number of rotatable bonds is 3. The van der Waals surface area contributed by atoms with Crippen molar-refractivity contribution >= 4 is 29.0 Å². The summed E-state index contributed by atoms with van der Waals surface area (Å²) in [4.78, 5) is 16.6. The topological polar surface area (TPSA) is 34.9 Å². The lowest BCUT2D eigenvalue weighted by molar-refractivity contribution is 0.103. The number of hydrogen-bond donors (Lipinski definition) is 0. The lowest BCUT2D eigenvalue weighted by Crippen LogP contribution is -2.08. The summed E-state index contributed by atoms with van der Waals surface area (Å²) >= 11 is 11.7. The zero-order valence-corrected chi connectivity index (χ0v) is 12.3. The molecule has 104 valence electrons. The molecule has 0 saturated carbocycles. The molecule has 0 atom stereocenters. The number of imidazole rings is 1. The van der Waals surface area contributed by atoms with E-state index in [-0.39, 0.29) is 5.78 Å². The first-order valence-corrected chi connectivity index (χ1v) is 6.99. The van der Waals surface area contributed by atoms with Crippen molar-refractivity contribution in [2.75, 3.05) is 0 Å². The van der Waals surface area contributed by atoms with E-state index in [1.807, 2.05) is 12.1 Å². The van der Waals surface area contributed by atoms with Gasteiger partial charge in [0.05, 0.1) is 12.5 Å². The zero-order valence-electron chi connectivity index (χ0n) is 10.8. The molecule has 1 aromatic heterocycles. The largest absolute Gasteiger partial charge is 0.296 e. The summed E-state index contributed by atoms with van der Waals surface area (Å²) in [5.74, 6) is -0.112. The Morgan fingerprint density at radius 2 is 1.48 bits per heavy atom. The first-order valence-electron chi connectivity index (χ1n) is 6.24. The van der Waals surface area contributed by atoms with Gasteiger partial charge in [0, 0.05) is 21.3 Å². The molecule has 0 fully saturated rings. The van der Waals surface area contributed by atoms with E-state index in [1.165, 1.54) is 0 Å². The maximum absolute atomic E-state index is 12.5. The number of halogens is 2. The highest BCUT2D eigenvalue weighted by atomic mass is 35.5. The van der Waals surface area contributed by atoms with E-state index in [2.05, 4.69) is 4.98 Å². The number of hydrogen-bond acceptors (Lipinski definition) is 2. The van der Waals surface area contributed by atoms with Gasteiger partial charge >= 0.3 is 0 Å². The van der Waals surface area contributed by atoms with Gasteiger partial charge < -0.3 is 0 Å². The van der Waals surface area contributed by atoms with Gasteiger partial charge in [0.25, 0.3) is 0 Å². The van der Waals surface area contributed by atoms with Crippen LogP contribution >= 0.6 is 23.2 Å². The third-order valence-electron chi connectivity index (χ3n) is 3.08. The minimum atomic E-state index is -0.112. The zero-order chi connectivity index (χ0) is 14.8. The van der Waals surface area contributed by atoms with Crippen LogP contribution in [0.3, 0.4) is 0 Å². The summed E-state index contributed by atoms with van der Waals surface area (Å²) in [7, 11) is 0. The van der Waals surface area contributed by atoms with Crippen LogP contribution in [0.1, 0.15) is 16.1 Å². The first-order chi connectivity index (χ1) is 10.1. The summed E-state index contributed by atoms with van der Waals surface area (Å²) in [5.41, 5.74) is 1.88. The van der Waals surface area contributed by atoms with Crippen LogP contribution in [0.15, 0.2) is 61.1 Å². The molecule has 0 aliphatic heterocycles. The molecule has 21 heavy (non-hydrogen) atoms. The second kappa shape index (κ2) is 5.72. The number of ketones is 1. The molecule has 0 spiro atoms. The molecule has 2 aromatic carbocycles.